The quantitative estimate of drug-likeness (QED) is 0.354. The molecular weight excluding hydrogens is 406 g/mol. The third kappa shape index (κ3) is 6.34. The number of oxazole rings is 1. The van der Waals surface area contributed by atoms with Gasteiger partial charge in [0.2, 0.25) is 5.89 Å². The third-order valence-corrected chi connectivity index (χ3v) is 4.90. The number of aromatic nitrogens is 1. The van der Waals surface area contributed by atoms with E-state index in [9.17, 15) is 4.79 Å². The minimum absolute atomic E-state index is 0.0271. The average Bonchev–Trinajstić information content (AvgIpc) is 3.51. The van der Waals surface area contributed by atoms with Crippen molar-refractivity contribution in [2.24, 2.45) is 4.99 Å². The molecule has 8 heteroatoms. The molecule has 32 heavy (non-hydrogen) atoms. The Morgan fingerprint density at radius 2 is 1.94 bits per heavy atom. The molecule has 1 fully saturated rings. The highest BCUT2D eigenvalue weighted by molar-refractivity contribution is 5.79. The van der Waals surface area contributed by atoms with Gasteiger partial charge in [-0.3, -0.25) is 9.79 Å². The second-order valence-corrected chi connectivity index (χ2v) is 7.57. The lowest BCUT2D eigenvalue weighted by atomic mass is 10.2. The summed E-state index contributed by atoms with van der Waals surface area (Å²) < 4.78 is 11.2. The maximum atomic E-state index is 11.8. The van der Waals surface area contributed by atoms with Crippen molar-refractivity contribution in [1.82, 2.24) is 20.9 Å². The monoisotopic (exact) mass is 433 g/mol. The fourth-order valence-electron chi connectivity index (χ4n) is 3.07. The fourth-order valence-corrected chi connectivity index (χ4v) is 3.07. The van der Waals surface area contributed by atoms with Gasteiger partial charge in [0.25, 0.3) is 5.91 Å². The van der Waals surface area contributed by atoms with Crippen LogP contribution in [-0.4, -0.2) is 36.5 Å². The van der Waals surface area contributed by atoms with E-state index in [0.717, 1.165) is 29.7 Å². The molecule has 3 aromatic rings. The predicted molar refractivity (Wildman–Crippen MR) is 122 cm³/mol. The Bertz CT molecular complexity index is 1060. The van der Waals surface area contributed by atoms with Gasteiger partial charge in [-0.15, -0.1) is 0 Å². The Morgan fingerprint density at radius 1 is 1.12 bits per heavy atom. The van der Waals surface area contributed by atoms with E-state index < -0.39 is 0 Å². The van der Waals surface area contributed by atoms with Crippen LogP contribution in [0, 0.1) is 0 Å². The zero-order chi connectivity index (χ0) is 22.2. The molecule has 4 rings (SSSR count). The number of ether oxygens (including phenoxy) is 1. The van der Waals surface area contributed by atoms with Crippen LogP contribution in [0.5, 0.6) is 5.75 Å². The minimum Gasteiger partial charge on any atom is -0.484 e. The first-order valence-corrected chi connectivity index (χ1v) is 10.6. The van der Waals surface area contributed by atoms with E-state index in [4.69, 9.17) is 9.15 Å². The first-order chi connectivity index (χ1) is 15.7. The normalized spacial score (nSPS) is 13.5. The Labute approximate surface area is 187 Å². The van der Waals surface area contributed by atoms with Crippen LogP contribution in [0.4, 0.5) is 0 Å². The number of hydrogen-bond acceptors (Lipinski definition) is 5. The number of nitrogens with zero attached hydrogens (tertiary/aromatic N) is 2. The topological polar surface area (TPSA) is 101 Å². The van der Waals surface area contributed by atoms with E-state index in [0.29, 0.717) is 36.7 Å². The summed E-state index contributed by atoms with van der Waals surface area (Å²) in [4.78, 5) is 20.6. The standard InChI is InChI=1S/C24H27N5O3/c1-25-24(27-14-20-15-32-23(29-20)18-7-3-2-4-8-18)26-13-17-6-5-9-21(12-17)31-16-22(30)28-19-10-11-19/h2-9,12,15,19H,10-11,13-14,16H2,1H3,(H,28,30)(H2,25,26,27). The molecular formula is C24H27N5O3. The Morgan fingerprint density at radius 3 is 2.72 bits per heavy atom. The number of aliphatic imine (C=N–C) groups is 1. The molecule has 1 aliphatic carbocycles. The van der Waals surface area contributed by atoms with E-state index in [1.54, 1.807) is 13.3 Å². The van der Waals surface area contributed by atoms with Crippen molar-refractivity contribution in [2.75, 3.05) is 13.7 Å². The molecule has 1 aliphatic rings. The highest BCUT2D eigenvalue weighted by atomic mass is 16.5. The van der Waals surface area contributed by atoms with Crippen LogP contribution in [0.3, 0.4) is 0 Å². The zero-order valence-electron chi connectivity index (χ0n) is 18.0. The summed E-state index contributed by atoms with van der Waals surface area (Å²) in [5.74, 6) is 1.82. The maximum Gasteiger partial charge on any atom is 0.258 e. The Hall–Kier alpha value is -3.81. The summed E-state index contributed by atoms with van der Waals surface area (Å²) in [5, 5.41) is 9.41. The van der Waals surface area contributed by atoms with Gasteiger partial charge in [0.15, 0.2) is 12.6 Å². The molecule has 1 saturated carbocycles. The molecule has 0 unspecified atom stereocenters. The van der Waals surface area contributed by atoms with Crippen LogP contribution in [0.15, 0.2) is 70.3 Å². The largest absolute Gasteiger partial charge is 0.484 e. The summed E-state index contributed by atoms with van der Waals surface area (Å²) in [7, 11) is 1.71. The Kier molecular flexibility index (Phi) is 7.01. The maximum absolute atomic E-state index is 11.8. The van der Waals surface area contributed by atoms with Crippen molar-refractivity contribution in [3.63, 3.8) is 0 Å². The molecule has 3 N–H and O–H groups in total. The third-order valence-electron chi connectivity index (χ3n) is 4.90. The highest BCUT2D eigenvalue weighted by Gasteiger charge is 2.23. The fraction of sp³-hybridized carbons (Fsp3) is 0.292. The second kappa shape index (κ2) is 10.5. The molecule has 8 nitrogen and oxygen atoms in total. The SMILES string of the molecule is CN=C(NCc1cccc(OCC(=O)NC2CC2)c1)NCc1coc(-c2ccccc2)n1. The molecule has 166 valence electrons. The molecule has 0 bridgehead atoms. The molecule has 1 heterocycles. The van der Waals surface area contributed by atoms with Crippen molar-refractivity contribution in [3.05, 3.63) is 72.1 Å². The van der Waals surface area contributed by atoms with Crippen LogP contribution >= 0.6 is 0 Å². The number of hydrogen-bond donors (Lipinski definition) is 3. The van der Waals surface area contributed by atoms with Gasteiger partial charge in [-0.25, -0.2) is 4.98 Å². The van der Waals surface area contributed by atoms with E-state index in [1.165, 1.54) is 0 Å². The average molecular weight is 434 g/mol. The summed E-state index contributed by atoms with van der Waals surface area (Å²) in [5.41, 5.74) is 2.74. The van der Waals surface area contributed by atoms with Crippen molar-refractivity contribution >= 4 is 11.9 Å². The Balaban J connectivity index is 1.24. The summed E-state index contributed by atoms with van der Waals surface area (Å²) >= 11 is 0. The lowest BCUT2D eigenvalue weighted by Gasteiger charge is -2.12. The summed E-state index contributed by atoms with van der Waals surface area (Å²) in [6.07, 6.45) is 3.77. The van der Waals surface area contributed by atoms with Crippen LogP contribution in [0.1, 0.15) is 24.1 Å². The van der Waals surface area contributed by atoms with Gasteiger partial charge in [-0.2, -0.15) is 0 Å². The number of nitrogens with one attached hydrogen (secondary N) is 3. The van der Waals surface area contributed by atoms with Crippen LogP contribution in [-0.2, 0) is 17.9 Å². The van der Waals surface area contributed by atoms with E-state index >= 15 is 0 Å². The molecule has 1 amide bonds. The lowest BCUT2D eigenvalue weighted by molar-refractivity contribution is -0.123. The van der Waals surface area contributed by atoms with Crippen molar-refractivity contribution in [2.45, 2.75) is 32.0 Å². The smallest absolute Gasteiger partial charge is 0.258 e. The molecule has 0 radical (unpaired) electrons. The summed E-state index contributed by atoms with van der Waals surface area (Å²) in [6.45, 7) is 1.06. The molecule has 0 saturated heterocycles. The number of amides is 1. The first kappa shape index (κ1) is 21.4. The second-order valence-electron chi connectivity index (χ2n) is 7.57. The molecule has 0 spiro atoms. The van der Waals surface area contributed by atoms with Gasteiger partial charge in [-0.1, -0.05) is 30.3 Å². The van der Waals surface area contributed by atoms with Crippen molar-refractivity contribution in [1.29, 1.82) is 0 Å². The first-order valence-electron chi connectivity index (χ1n) is 10.6. The molecule has 0 aliphatic heterocycles. The number of carbonyl (C=O) groups excluding carboxylic acids is 1. The van der Waals surface area contributed by atoms with E-state index in [-0.39, 0.29) is 12.5 Å². The van der Waals surface area contributed by atoms with Gasteiger partial charge in [0.05, 0.1) is 12.2 Å². The van der Waals surface area contributed by atoms with Crippen LogP contribution < -0.4 is 20.7 Å². The molecule has 1 aromatic heterocycles. The summed E-state index contributed by atoms with van der Waals surface area (Å²) in [6, 6.07) is 17.8. The van der Waals surface area contributed by atoms with Gasteiger partial charge in [0.1, 0.15) is 12.0 Å². The van der Waals surface area contributed by atoms with Gasteiger partial charge in [-0.05, 0) is 42.7 Å². The minimum atomic E-state index is -0.0797. The van der Waals surface area contributed by atoms with Crippen LogP contribution in [0.25, 0.3) is 11.5 Å². The van der Waals surface area contributed by atoms with Gasteiger partial charge < -0.3 is 25.1 Å². The van der Waals surface area contributed by atoms with E-state index in [1.807, 2.05) is 54.6 Å². The number of rotatable bonds is 9. The lowest BCUT2D eigenvalue weighted by Crippen LogP contribution is -2.36. The van der Waals surface area contributed by atoms with E-state index in [2.05, 4.69) is 25.9 Å². The molecule has 0 atom stereocenters. The van der Waals surface area contributed by atoms with Gasteiger partial charge >= 0.3 is 0 Å². The number of carbonyl (C=O) groups is 1. The van der Waals surface area contributed by atoms with Gasteiger partial charge in [0, 0.05) is 25.2 Å². The van der Waals surface area contributed by atoms with Crippen molar-refractivity contribution < 1.29 is 13.9 Å². The zero-order valence-corrected chi connectivity index (χ0v) is 18.0. The highest BCUT2D eigenvalue weighted by Crippen LogP contribution is 2.19. The predicted octanol–water partition coefficient (Wildman–Crippen LogP) is 2.86. The number of benzene rings is 2. The molecule has 2 aromatic carbocycles. The van der Waals surface area contributed by atoms with Crippen molar-refractivity contribution in [3.8, 4) is 17.2 Å². The number of guanidine groups is 1. The van der Waals surface area contributed by atoms with Crippen LogP contribution in [0.2, 0.25) is 0 Å².